The van der Waals surface area contributed by atoms with Crippen molar-refractivity contribution in [3.63, 3.8) is 0 Å². The highest BCUT2D eigenvalue weighted by Crippen LogP contribution is 2.34. The van der Waals surface area contributed by atoms with E-state index in [0.29, 0.717) is 6.04 Å². The lowest BCUT2D eigenvalue weighted by atomic mass is 10.0. The first kappa shape index (κ1) is 15.6. The zero-order valence-electron chi connectivity index (χ0n) is 13.7. The third-order valence-corrected chi connectivity index (χ3v) is 4.55. The Morgan fingerprint density at radius 1 is 1.35 bits per heavy atom. The lowest BCUT2D eigenvalue weighted by molar-refractivity contribution is 0.257. The molecule has 2 fully saturated rings. The molecule has 4 heteroatoms. The predicted molar refractivity (Wildman–Crippen MR) is 86.1 cm³/mol. The summed E-state index contributed by atoms with van der Waals surface area (Å²) in [4.78, 5) is 9.75. The van der Waals surface area contributed by atoms with Crippen molar-refractivity contribution >= 4 is 5.96 Å². The van der Waals surface area contributed by atoms with Crippen LogP contribution in [-0.2, 0) is 0 Å². The van der Waals surface area contributed by atoms with Crippen molar-refractivity contribution in [1.29, 1.82) is 0 Å². The van der Waals surface area contributed by atoms with Crippen LogP contribution in [0.4, 0.5) is 0 Å². The highest BCUT2D eigenvalue weighted by atomic mass is 15.3. The second-order valence-electron chi connectivity index (χ2n) is 6.76. The maximum absolute atomic E-state index is 4.94. The average molecular weight is 280 g/mol. The third-order valence-electron chi connectivity index (χ3n) is 4.55. The molecule has 116 valence electrons. The van der Waals surface area contributed by atoms with Crippen LogP contribution in [0.2, 0.25) is 0 Å². The zero-order chi connectivity index (χ0) is 14.5. The second kappa shape index (κ2) is 7.30. The van der Waals surface area contributed by atoms with Crippen molar-refractivity contribution < 1.29 is 0 Å². The topological polar surface area (TPSA) is 30.9 Å². The van der Waals surface area contributed by atoms with Crippen molar-refractivity contribution in [2.75, 3.05) is 40.3 Å². The fourth-order valence-corrected chi connectivity index (χ4v) is 3.20. The van der Waals surface area contributed by atoms with Crippen molar-refractivity contribution in [2.24, 2.45) is 16.8 Å². The summed E-state index contributed by atoms with van der Waals surface area (Å²) in [6.07, 6.45) is 5.43. The van der Waals surface area contributed by atoms with Gasteiger partial charge in [0.25, 0.3) is 0 Å². The summed E-state index contributed by atoms with van der Waals surface area (Å²) >= 11 is 0. The van der Waals surface area contributed by atoms with E-state index in [4.69, 9.17) is 4.99 Å². The number of likely N-dealkylation sites (N-methyl/N-ethyl adjacent to an activating group) is 1. The Morgan fingerprint density at radius 3 is 2.65 bits per heavy atom. The molecular weight excluding hydrogens is 248 g/mol. The average Bonchev–Trinajstić information content (AvgIpc) is 3.22. The van der Waals surface area contributed by atoms with Crippen molar-refractivity contribution in [3.05, 3.63) is 0 Å². The number of aliphatic imine (C=N–C) groups is 1. The molecule has 0 bridgehead atoms. The Bertz CT molecular complexity index is 320. The highest BCUT2D eigenvalue weighted by Gasteiger charge is 2.32. The van der Waals surface area contributed by atoms with Gasteiger partial charge < -0.3 is 15.1 Å². The van der Waals surface area contributed by atoms with Gasteiger partial charge >= 0.3 is 0 Å². The van der Waals surface area contributed by atoms with E-state index >= 15 is 0 Å². The molecule has 1 aliphatic heterocycles. The monoisotopic (exact) mass is 280 g/mol. The molecule has 1 aliphatic carbocycles. The van der Waals surface area contributed by atoms with E-state index in [1.807, 2.05) is 0 Å². The summed E-state index contributed by atoms with van der Waals surface area (Å²) in [7, 11) is 4.38. The van der Waals surface area contributed by atoms with Crippen molar-refractivity contribution in [1.82, 2.24) is 15.1 Å². The van der Waals surface area contributed by atoms with Crippen LogP contribution in [0.1, 0.15) is 39.5 Å². The SMILES string of the molecule is CCNC(=NCC(C1CC1)N(C)C)N1CCCC(C)C1. The van der Waals surface area contributed by atoms with Crippen LogP contribution in [0.3, 0.4) is 0 Å². The van der Waals surface area contributed by atoms with E-state index in [0.717, 1.165) is 44.0 Å². The van der Waals surface area contributed by atoms with Gasteiger partial charge in [0.1, 0.15) is 0 Å². The minimum absolute atomic E-state index is 0.617. The summed E-state index contributed by atoms with van der Waals surface area (Å²) < 4.78 is 0. The Morgan fingerprint density at radius 2 is 2.10 bits per heavy atom. The first-order valence-corrected chi connectivity index (χ1v) is 8.31. The number of hydrogen-bond acceptors (Lipinski definition) is 2. The molecule has 0 aromatic heterocycles. The summed E-state index contributed by atoms with van der Waals surface area (Å²) in [5.41, 5.74) is 0. The fourth-order valence-electron chi connectivity index (χ4n) is 3.20. The minimum Gasteiger partial charge on any atom is -0.357 e. The van der Waals surface area contributed by atoms with Crippen molar-refractivity contribution in [3.8, 4) is 0 Å². The van der Waals surface area contributed by atoms with Crippen LogP contribution >= 0.6 is 0 Å². The van der Waals surface area contributed by atoms with Gasteiger partial charge in [-0.15, -0.1) is 0 Å². The second-order valence-corrected chi connectivity index (χ2v) is 6.76. The molecule has 20 heavy (non-hydrogen) atoms. The van der Waals surface area contributed by atoms with Crippen LogP contribution in [0.25, 0.3) is 0 Å². The lowest BCUT2D eigenvalue weighted by Gasteiger charge is -2.34. The molecule has 0 aromatic carbocycles. The van der Waals surface area contributed by atoms with Crippen molar-refractivity contribution in [2.45, 2.75) is 45.6 Å². The Labute approximate surface area is 124 Å². The summed E-state index contributed by atoms with van der Waals surface area (Å²) in [5.74, 6) is 2.80. The number of hydrogen-bond donors (Lipinski definition) is 1. The molecular formula is C16H32N4. The van der Waals surface area contributed by atoms with E-state index in [1.54, 1.807) is 0 Å². The molecule has 2 unspecified atom stereocenters. The number of likely N-dealkylation sites (tertiary alicyclic amines) is 1. The van der Waals surface area contributed by atoms with Gasteiger partial charge in [-0.3, -0.25) is 4.99 Å². The van der Waals surface area contributed by atoms with Crippen LogP contribution < -0.4 is 5.32 Å². The smallest absolute Gasteiger partial charge is 0.193 e. The highest BCUT2D eigenvalue weighted by molar-refractivity contribution is 5.80. The van der Waals surface area contributed by atoms with Crippen LogP contribution in [0.15, 0.2) is 4.99 Å². The molecule has 0 spiro atoms. The van der Waals surface area contributed by atoms with E-state index in [1.165, 1.54) is 25.7 Å². The first-order valence-electron chi connectivity index (χ1n) is 8.31. The third kappa shape index (κ3) is 4.37. The Balaban J connectivity index is 1.96. The van der Waals surface area contributed by atoms with Gasteiger partial charge in [-0.25, -0.2) is 0 Å². The van der Waals surface area contributed by atoms with Crippen LogP contribution in [0, 0.1) is 11.8 Å². The molecule has 0 amide bonds. The van der Waals surface area contributed by atoms with Gasteiger partial charge in [0.2, 0.25) is 0 Å². The molecule has 2 aliphatic rings. The quantitative estimate of drug-likeness (QED) is 0.617. The Kier molecular flexibility index (Phi) is 5.70. The Hall–Kier alpha value is -0.770. The number of rotatable bonds is 5. The number of guanidine groups is 1. The lowest BCUT2D eigenvalue weighted by Crippen LogP contribution is -2.47. The number of nitrogens with one attached hydrogen (secondary N) is 1. The summed E-state index contributed by atoms with van der Waals surface area (Å²) in [5, 5.41) is 3.48. The molecule has 1 saturated carbocycles. The molecule has 2 rings (SSSR count). The first-order chi connectivity index (χ1) is 9.61. The van der Waals surface area contributed by atoms with E-state index in [9.17, 15) is 0 Å². The van der Waals surface area contributed by atoms with E-state index < -0.39 is 0 Å². The molecule has 1 N–H and O–H groups in total. The number of piperidine rings is 1. The summed E-state index contributed by atoms with van der Waals surface area (Å²) in [6.45, 7) is 8.72. The maximum Gasteiger partial charge on any atom is 0.193 e. The largest absolute Gasteiger partial charge is 0.357 e. The van der Waals surface area contributed by atoms with Gasteiger partial charge in [-0.1, -0.05) is 6.92 Å². The molecule has 0 radical (unpaired) electrons. The molecule has 4 nitrogen and oxygen atoms in total. The number of nitrogens with zero attached hydrogens (tertiary/aromatic N) is 3. The standard InChI is InChI=1S/C16H32N4/c1-5-17-16(20-10-6-7-13(2)12-20)18-11-15(19(3)4)14-8-9-14/h13-15H,5-12H2,1-4H3,(H,17,18). The molecule has 1 heterocycles. The van der Waals surface area contributed by atoms with E-state index in [2.05, 4.69) is 43.1 Å². The normalized spacial score (nSPS) is 25.9. The van der Waals surface area contributed by atoms with Gasteiger partial charge in [0, 0.05) is 25.7 Å². The van der Waals surface area contributed by atoms with Gasteiger partial charge in [-0.05, 0) is 58.5 Å². The predicted octanol–water partition coefficient (Wildman–Crippen LogP) is 2.02. The minimum atomic E-state index is 0.617. The van der Waals surface area contributed by atoms with Gasteiger partial charge in [0.15, 0.2) is 5.96 Å². The van der Waals surface area contributed by atoms with Crippen LogP contribution in [0.5, 0.6) is 0 Å². The molecule has 0 aromatic rings. The van der Waals surface area contributed by atoms with Crippen LogP contribution in [-0.4, -0.2) is 62.1 Å². The molecule has 1 saturated heterocycles. The van der Waals surface area contributed by atoms with Gasteiger partial charge in [-0.2, -0.15) is 0 Å². The molecule has 2 atom stereocenters. The van der Waals surface area contributed by atoms with E-state index in [-0.39, 0.29) is 0 Å². The summed E-state index contributed by atoms with van der Waals surface area (Å²) in [6, 6.07) is 0.617. The van der Waals surface area contributed by atoms with Gasteiger partial charge in [0.05, 0.1) is 6.54 Å². The maximum atomic E-state index is 4.94. The zero-order valence-corrected chi connectivity index (χ0v) is 13.7. The fraction of sp³-hybridized carbons (Fsp3) is 0.938.